The zero-order valence-electron chi connectivity index (χ0n) is 9.81. The maximum atomic E-state index is 11.9. The van der Waals surface area contributed by atoms with Gasteiger partial charge in [0, 0.05) is 18.3 Å². The Balaban J connectivity index is 2.67. The highest BCUT2D eigenvalue weighted by molar-refractivity contribution is 7.87. The fourth-order valence-electron chi connectivity index (χ4n) is 1.20. The second-order valence-corrected chi connectivity index (χ2v) is 5.26. The number of hydrogen-bond acceptors (Lipinski definition) is 4. The summed E-state index contributed by atoms with van der Waals surface area (Å²) in [5, 5.41) is 8.85. The summed E-state index contributed by atoms with van der Waals surface area (Å²) >= 11 is 0. The number of aromatic amines is 1. The number of nitrogens with one attached hydrogen (secondary N) is 3. The summed E-state index contributed by atoms with van der Waals surface area (Å²) in [5.74, 6) is -1.53. The molecule has 1 aromatic rings. The smallest absolute Gasteiger partial charge is 0.402 e. The Kier molecular flexibility index (Phi) is 5.08. The van der Waals surface area contributed by atoms with E-state index >= 15 is 0 Å². The van der Waals surface area contributed by atoms with E-state index < -0.39 is 34.9 Å². The average Bonchev–Trinajstić information content (AvgIpc) is 2.77. The Morgan fingerprint density at radius 1 is 1.50 bits per heavy atom. The van der Waals surface area contributed by atoms with Crippen molar-refractivity contribution in [3.05, 3.63) is 18.2 Å². The van der Waals surface area contributed by atoms with Gasteiger partial charge in [-0.2, -0.15) is 31.0 Å². The normalized spacial score (nSPS) is 14.2. The number of halogens is 3. The van der Waals surface area contributed by atoms with E-state index in [9.17, 15) is 26.4 Å². The van der Waals surface area contributed by atoms with Crippen LogP contribution in [-0.2, 0) is 21.4 Å². The van der Waals surface area contributed by atoms with Crippen molar-refractivity contribution in [3.8, 4) is 0 Å². The van der Waals surface area contributed by atoms with E-state index in [0.717, 1.165) is 0 Å². The predicted molar refractivity (Wildman–Crippen MR) is 59.8 cm³/mol. The monoisotopic (exact) mass is 316 g/mol. The molecule has 1 rings (SSSR count). The molecule has 0 aliphatic heterocycles. The fraction of sp³-hybridized carbons (Fsp3) is 0.500. The van der Waals surface area contributed by atoms with Crippen molar-refractivity contribution in [2.45, 2.75) is 18.6 Å². The quantitative estimate of drug-likeness (QED) is 0.534. The first-order valence-electron chi connectivity index (χ1n) is 5.13. The minimum atomic E-state index is -4.74. The molecule has 20 heavy (non-hydrogen) atoms. The summed E-state index contributed by atoms with van der Waals surface area (Å²) in [6.07, 6.45) is -2.50. The third-order valence-corrected chi connectivity index (χ3v) is 3.16. The van der Waals surface area contributed by atoms with E-state index in [1.165, 1.54) is 17.2 Å². The highest BCUT2D eigenvalue weighted by Gasteiger charge is 2.31. The summed E-state index contributed by atoms with van der Waals surface area (Å²) in [7, 11) is -4.60. The van der Waals surface area contributed by atoms with Gasteiger partial charge in [0.2, 0.25) is 0 Å². The molecule has 8 nitrogen and oxygen atoms in total. The Bertz CT molecular complexity index is 543. The topological polar surface area (TPSA) is 124 Å². The van der Waals surface area contributed by atoms with Crippen LogP contribution in [0.15, 0.2) is 12.5 Å². The van der Waals surface area contributed by atoms with Gasteiger partial charge >= 0.3 is 12.1 Å². The van der Waals surface area contributed by atoms with E-state index in [1.54, 1.807) is 4.72 Å². The van der Waals surface area contributed by atoms with Crippen molar-refractivity contribution in [2.75, 3.05) is 6.54 Å². The zero-order chi connectivity index (χ0) is 15.4. The number of nitrogens with zero attached hydrogens (tertiary/aromatic N) is 1. The first-order chi connectivity index (χ1) is 9.09. The summed E-state index contributed by atoms with van der Waals surface area (Å²) in [6.45, 7) is -1.79. The zero-order valence-corrected chi connectivity index (χ0v) is 10.6. The number of carboxylic acids is 1. The van der Waals surface area contributed by atoms with Crippen LogP contribution >= 0.6 is 0 Å². The average molecular weight is 316 g/mol. The van der Waals surface area contributed by atoms with Gasteiger partial charge in [-0.1, -0.05) is 0 Å². The molecule has 0 fully saturated rings. The first-order valence-corrected chi connectivity index (χ1v) is 6.61. The van der Waals surface area contributed by atoms with Crippen molar-refractivity contribution < 1.29 is 31.5 Å². The van der Waals surface area contributed by atoms with E-state index in [-0.39, 0.29) is 6.42 Å². The lowest BCUT2D eigenvalue weighted by Crippen LogP contribution is -2.49. The summed E-state index contributed by atoms with van der Waals surface area (Å²) in [6, 6.07) is -1.62. The van der Waals surface area contributed by atoms with Crippen molar-refractivity contribution in [1.82, 2.24) is 19.4 Å². The molecule has 0 aliphatic carbocycles. The molecule has 0 unspecified atom stereocenters. The molecule has 0 amide bonds. The van der Waals surface area contributed by atoms with Crippen LogP contribution in [0.25, 0.3) is 0 Å². The lowest BCUT2D eigenvalue weighted by molar-refractivity contribution is -0.138. The van der Waals surface area contributed by atoms with Crippen LogP contribution in [0, 0.1) is 0 Å². The lowest BCUT2D eigenvalue weighted by Gasteiger charge is -2.15. The second-order valence-electron chi connectivity index (χ2n) is 3.73. The number of aromatic nitrogens is 2. The van der Waals surface area contributed by atoms with Gasteiger partial charge in [-0.25, -0.2) is 4.98 Å². The van der Waals surface area contributed by atoms with E-state index in [4.69, 9.17) is 5.11 Å². The van der Waals surface area contributed by atoms with Crippen molar-refractivity contribution in [2.24, 2.45) is 0 Å². The molecule has 1 atom stereocenters. The van der Waals surface area contributed by atoms with Crippen LogP contribution in [0.1, 0.15) is 5.69 Å². The van der Waals surface area contributed by atoms with E-state index in [2.05, 4.69) is 9.97 Å². The molecule has 0 spiro atoms. The highest BCUT2D eigenvalue weighted by Crippen LogP contribution is 2.12. The van der Waals surface area contributed by atoms with Gasteiger partial charge < -0.3 is 10.1 Å². The number of carbonyl (C=O) groups is 1. The van der Waals surface area contributed by atoms with Crippen LogP contribution < -0.4 is 9.44 Å². The molecule has 0 radical (unpaired) electrons. The number of rotatable bonds is 7. The van der Waals surface area contributed by atoms with Gasteiger partial charge in [-0.3, -0.25) is 4.79 Å². The predicted octanol–water partition coefficient (Wildman–Crippen LogP) is -0.608. The van der Waals surface area contributed by atoms with Crippen LogP contribution in [0.5, 0.6) is 0 Å². The third-order valence-electron chi connectivity index (χ3n) is 2.04. The fourth-order valence-corrected chi connectivity index (χ4v) is 2.20. The molecule has 0 bridgehead atoms. The van der Waals surface area contributed by atoms with Crippen molar-refractivity contribution >= 4 is 16.2 Å². The van der Waals surface area contributed by atoms with Gasteiger partial charge in [0.15, 0.2) is 0 Å². The minimum Gasteiger partial charge on any atom is -0.480 e. The summed E-state index contributed by atoms with van der Waals surface area (Å²) in [5.41, 5.74) is 0.316. The maximum absolute atomic E-state index is 11.9. The number of carboxylic acid groups (broad SMARTS) is 1. The van der Waals surface area contributed by atoms with Crippen molar-refractivity contribution in [3.63, 3.8) is 0 Å². The Morgan fingerprint density at radius 2 is 2.15 bits per heavy atom. The third kappa shape index (κ3) is 5.99. The SMILES string of the molecule is O=C(O)[C@@H](Cc1cnc[nH]1)NS(=O)(=O)NCC(F)(F)F. The molecule has 0 saturated heterocycles. The summed E-state index contributed by atoms with van der Waals surface area (Å²) < 4.78 is 61.2. The number of H-pyrrole nitrogens is 1. The maximum Gasteiger partial charge on any atom is 0.402 e. The van der Waals surface area contributed by atoms with Gasteiger partial charge in [0.25, 0.3) is 10.2 Å². The molecule has 0 aromatic carbocycles. The standard InChI is InChI=1S/C8H11F3N4O4S/c9-8(10,11)3-14-20(18,19)15-6(7(16)17)1-5-2-12-4-13-5/h2,4,6,14-15H,1,3H2,(H,12,13)(H,16,17)/t6-/m1/s1. The molecular formula is C8H11F3N4O4S. The van der Waals surface area contributed by atoms with Gasteiger partial charge in [-0.15, -0.1) is 0 Å². The molecule has 1 aromatic heterocycles. The van der Waals surface area contributed by atoms with Crippen LogP contribution in [-0.4, -0.2) is 48.2 Å². The van der Waals surface area contributed by atoms with E-state index in [1.807, 2.05) is 0 Å². The Hall–Kier alpha value is -1.66. The minimum absolute atomic E-state index is 0.289. The Labute approximate surface area is 111 Å². The molecule has 114 valence electrons. The summed E-state index contributed by atoms with van der Waals surface area (Å²) in [4.78, 5) is 17.1. The molecule has 1 heterocycles. The molecule has 12 heteroatoms. The molecule has 0 saturated carbocycles. The highest BCUT2D eigenvalue weighted by atomic mass is 32.2. The van der Waals surface area contributed by atoms with Crippen LogP contribution in [0.3, 0.4) is 0 Å². The number of hydrogen-bond donors (Lipinski definition) is 4. The first kappa shape index (κ1) is 16.4. The molecule has 4 N–H and O–H groups in total. The molecular weight excluding hydrogens is 305 g/mol. The van der Waals surface area contributed by atoms with Gasteiger partial charge in [0.05, 0.1) is 6.33 Å². The van der Waals surface area contributed by atoms with Gasteiger partial charge in [0.1, 0.15) is 12.6 Å². The second kappa shape index (κ2) is 6.19. The van der Waals surface area contributed by atoms with Crippen LogP contribution in [0.2, 0.25) is 0 Å². The van der Waals surface area contributed by atoms with Crippen molar-refractivity contribution in [1.29, 1.82) is 0 Å². The Morgan fingerprint density at radius 3 is 2.60 bits per heavy atom. The largest absolute Gasteiger partial charge is 0.480 e. The number of aliphatic carboxylic acids is 1. The van der Waals surface area contributed by atoms with E-state index in [0.29, 0.717) is 5.69 Å². The lowest BCUT2D eigenvalue weighted by atomic mass is 10.2. The number of alkyl halides is 3. The molecule has 0 aliphatic rings. The van der Waals surface area contributed by atoms with Crippen LogP contribution in [0.4, 0.5) is 13.2 Å². The number of imidazole rings is 1. The van der Waals surface area contributed by atoms with Gasteiger partial charge in [-0.05, 0) is 0 Å².